The third-order valence-corrected chi connectivity index (χ3v) is 5.09. The van der Waals surface area contributed by atoms with Crippen LogP contribution in [0.5, 0.6) is 0 Å². The maximum absolute atomic E-state index is 12.8. The van der Waals surface area contributed by atoms with E-state index in [4.69, 9.17) is 0 Å². The molecule has 1 fully saturated rings. The first-order valence-corrected chi connectivity index (χ1v) is 8.91. The highest BCUT2D eigenvalue weighted by atomic mass is 32.1. The van der Waals surface area contributed by atoms with E-state index in [9.17, 15) is 14.4 Å². The summed E-state index contributed by atoms with van der Waals surface area (Å²) in [7, 11) is 3.85. The molecule has 0 spiro atoms. The molecule has 3 amide bonds. The molecule has 2 aromatic rings. The van der Waals surface area contributed by atoms with Gasteiger partial charge >= 0.3 is 0 Å². The lowest BCUT2D eigenvalue weighted by Gasteiger charge is -2.24. The molecule has 0 bridgehead atoms. The number of carbonyl (C=O) groups excluding carboxylic acids is 3. The van der Waals surface area contributed by atoms with E-state index >= 15 is 0 Å². The second-order valence-corrected chi connectivity index (χ2v) is 7.20. The molecule has 0 atom stereocenters. The van der Waals surface area contributed by atoms with Crippen LogP contribution >= 0.6 is 11.3 Å². The van der Waals surface area contributed by atoms with Gasteiger partial charge in [-0.05, 0) is 26.2 Å². The summed E-state index contributed by atoms with van der Waals surface area (Å²) in [5, 5.41) is 0.590. The fraction of sp³-hybridized carbons (Fsp3) is 0.412. The molecule has 1 aromatic heterocycles. The number of hydrogen-bond acceptors (Lipinski definition) is 6. The van der Waals surface area contributed by atoms with Gasteiger partial charge in [-0.3, -0.25) is 24.2 Å². The maximum Gasteiger partial charge on any atom is 0.248 e. The normalized spacial score (nSPS) is 14.8. The van der Waals surface area contributed by atoms with Crippen molar-refractivity contribution in [2.45, 2.75) is 12.8 Å². The monoisotopic (exact) mass is 360 g/mol. The average molecular weight is 360 g/mol. The molecule has 25 heavy (non-hydrogen) atoms. The van der Waals surface area contributed by atoms with E-state index in [-0.39, 0.29) is 37.1 Å². The van der Waals surface area contributed by atoms with Crippen molar-refractivity contribution in [1.82, 2.24) is 14.8 Å². The molecule has 2 heterocycles. The lowest BCUT2D eigenvalue weighted by molar-refractivity contribution is -0.141. The van der Waals surface area contributed by atoms with Crippen LogP contribution < -0.4 is 4.90 Å². The molecule has 1 aliphatic rings. The maximum atomic E-state index is 12.8. The number of thiazole rings is 1. The lowest BCUT2D eigenvalue weighted by Crippen LogP contribution is -2.44. The number of fused-ring (bicyclic) bond motifs is 1. The van der Waals surface area contributed by atoms with Gasteiger partial charge in [-0.25, -0.2) is 4.98 Å². The van der Waals surface area contributed by atoms with E-state index in [1.165, 1.54) is 11.3 Å². The van der Waals surface area contributed by atoms with E-state index in [1.807, 2.05) is 43.3 Å². The van der Waals surface area contributed by atoms with Crippen molar-refractivity contribution < 1.29 is 14.4 Å². The van der Waals surface area contributed by atoms with Crippen molar-refractivity contribution in [2.24, 2.45) is 0 Å². The number of para-hydroxylation sites is 1. The van der Waals surface area contributed by atoms with Crippen LogP contribution in [0.15, 0.2) is 24.3 Å². The number of aromatic nitrogens is 1. The smallest absolute Gasteiger partial charge is 0.248 e. The largest absolute Gasteiger partial charge is 0.308 e. The molecule has 0 aliphatic carbocycles. The van der Waals surface area contributed by atoms with E-state index in [2.05, 4.69) is 4.98 Å². The zero-order chi connectivity index (χ0) is 18.0. The van der Waals surface area contributed by atoms with Crippen LogP contribution in [-0.2, 0) is 14.4 Å². The Bertz CT molecular complexity index is 768. The van der Waals surface area contributed by atoms with E-state index in [0.29, 0.717) is 18.2 Å². The number of nitrogens with zero attached hydrogens (tertiary/aromatic N) is 4. The van der Waals surface area contributed by atoms with Gasteiger partial charge in [-0.1, -0.05) is 23.5 Å². The molecule has 1 saturated heterocycles. The summed E-state index contributed by atoms with van der Waals surface area (Å²) in [5.41, 5.74) is 0.832. The molecule has 0 saturated carbocycles. The fourth-order valence-corrected chi connectivity index (χ4v) is 3.63. The summed E-state index contributed by atoms with van der Waals surface area (Å²) >= 11 is 1.43. The van der Waals surface area contributed by atoms with Crippen LogP contribution in [0.3, 0.4) is 0 Å². The summed E-state index contributed by atoms with van der Waals surface area (Å²) < 4.78 is 0.994. The predicted octanol–water partition coefficient (Wildman–Crippen LogP) is 1.34. The first-order chi connectivity index (χ1) is 12.0. The molecule has 7 nitrogen and oxygen atoms in total. The van der Waals surface area contributed by atoms with Crippen LogP contribution in [0, 0.1) is 0 Å². The van der Waals surface area contributed by atoms with Crippen molar-refractivity contribution in [2.75, 3.05) is 38.6 Å². The number of likely N-dealkylation sites (tertiary alicyclic amines) is 1. The minimum Gasteiger partial charge on any atom is -0.308 e. The minimum absolute atomic E-state index is 0.185. The Morgan fingerprint density at radius 1 is 1.16 bits per heavy atom. The molecule has 3 rings (SSSR count). The Labute approximate surface area is 149 Å². The number of amides is 3. The topological polar surface area (TPSA) is 73.8 Å². The van der Waals surface area contributed by atoms with Crippen LogP contribution in [-0.4, -0.2) is 66.2 Å². The highest BCUT2D eigenvalue weighted by Gasteiger charge is 2.32. The van der Waals surface area contributed by atoms with Crippen molar-refractivity contribution in [3.8, 4) is 0 Å². The summed E-state index contributed by atoms with van der Waals surface area (Å²) in [5.74, 6) is -0.852. The van der Waals surface area contributed by atoms with E-state index in [1.54, 1.807) is 4.90 Å². The van der Waals surface area contributed by atoms with Gasteiger partial charge in [-0.2, -0.15) is 0 Å². The second kappa shape index (κ2) is 7.28. The van der Waals surface area contributed by atoms with E-state index < -0.39 is 0 Å². The zero-order valence-electron chi connectivity index (χ0n) is 14.3. The SMILES string of the molecule is CN(C)CCN(C(=O)CN1C(=O)CCC1=O)c1nc2ccccc2s1. The van der Waals surface area contributed by atoms with Crippen LogP contribution in [0.25, 0.3) is 10.2 Å². The number of anilines is 1. The number of hydrogen-bond donors (Lipinski definition) is 0. The number of imide groups is 1. The molecular formula is C17H20N4O3S. The van der Waals surface area contributed by atoms with Crippen molar-refractivity contribution in [3.63, 3.8) is 0 Å². The lowest BCUT2D eigenvalue weighted by atomic mass is 10.3. The molecule has 0 N–H and O–H groups in total. The fourth-order valence-electron chi connectivity index (χ4n) is 2.62. The van der Waals surface area contributed by atoms with Gasteiger partial charge in [-0.15, -0.1) is 0 Å². The molecule has 0 radical (unpaired) electrons. The minimum atomic E-state index is -0.287. The molecular weight excluding hydrogens is 340 g/mol. The average Bonchev–Trinajstić information content (AvgIpc) is 3.13. The Hall–Kier alpha value is -2.32. The standard InChI is InChI=1S/C17H20N4O3S/c1-19(2)9-10-20(16(24)11-21-14(22)7-8-15(21)23)17-18-12-5-3-4-6-13(12)25-17/h3-6H,7-11H2,1-2H3. The summed E-state index contributed by atoms with van der Waals surface area (Å²) in [6, 6.07) is 7.69. The summed E-state index contributed by atoms with van der Waals surface area (Å²) in [6.45, 7) is 0.881. The predicted molar refractivity (Wildman–Crippen MR) is 96.5 cm³/mol. The van der Waals surface area contributed by atoms with Crippen LogP contribution in [0.4, 0.5) is 5.13 Å². The highest BCUT2D eigenvalue weighted by Crippen LogP contribution is 2.29. The van der Waals surface area contributed by atoms with Crippen LogP contribution in [0.1, 0.15) is 12.8 Å². The van der Waals surface area contributed by atoms with Gasteiger partial charge in [0.1, 0.15) is 6.54 Å². The van der Waals surface area contributed by atoms with Crippen molar-refractivity contribution in [1.29, 1.82) is 0 Å². The first kappa shape index (κ1) is 17.5. The van der Waals surface area contributed by atoms with Gasteiger partial charge in [0.25, 0.3) is 0 Å². The number of likely N-dealkylation sites (N-methyl/N-ethyl adjacent to an activating group) is 1. The van der Waals surface area contributed by atoms with Gasteiger partial charge < -0.3 is 4.90 Å². The zero-order valence-corrected chi connectivity index (χ0v) is 15.1. The molecule has 132 valence electrons. The van der Waals surface area contributed by atoms with Gasteiger partial charge in [0, 0.05) is 25.9 Å². The van der Waals surface area contributed by atoms with Gasteiger partial charge in [0.2, 0.25) is 17.7 Å². The Morgan fingerprint density at radius 3 is 2.48 bits per heavy atom. The number of rotatable bonds is 6. The van der Waals surface area contributed by atoms with E-state index in [0.717, 1.165) is 15.1 Å². The van der Waals surface area contributed by atoms with Gasteiger partial charge in [0.15, 0.2) is 5.13 Å². The molecule has 0 unspecified atom stereocenters. The highest BCUT2D eigenvalue weighted by molar-refractivity contribution is 7.22. The van der Waals surface area contributed by atoms with Crippen LogP contribution in [0.2, 0.25) is 0 Å². The van der Waals surface area contributed by atoms with Gasteiger partial charge in [0.05, 0.1) is 10.2 Å². The van der Waals surface area contributed by atoms with Crippen molar-refractivity contribution >= 4 is 44.4 Å². The third kappa shape index (κ3) is 3.85. The molecule has 1 aromatic carbocycles. The Kier molecular flexibility index (Phi) is 5.10. The third-order valence-electron chi connectivity index (χ3n) is 4.03. The first-order valence-electron chi connectivity index (χ1n) is 8.09. The quantitative estimate of drug-likeness (QED) is 0.727. The molecule has 8 heteroatoms. The second-order valence-electron chi connectivity index (χ2n) is 6.19. The molecule has 1 aliphatic heterocycles. The Balaban J connectivity index is 1.84. The Morgan fingerprint density at radius 2 is 1.84 bits per heavy atom. The van der Waals surface area contributed by atoms with Crippen molar-refractivity contribution in [3.05, 3.63) is 24.3 Å². The number of benzene rings is 1. The summed E-state index contributed by atoms with van der Waals surface area (Å²) in [6.07, 6.45) is 0.371. The summed E-state index contributed by atoms with van der Waals surface area (Å²) in [4.78, 5) is 45.5. The number of carbonyl (C=O) groups is 3.